The quantitative estimate of drug-likeness (QED) is 0.684. The smallest absolute Gasteiger partial charge is 0.168 e. The summed E-state index contributed by atoms with van der Waals surface area (Å²) in [7, 11) is 0. The van der Waals surface area contributed by atoms with Crippen molar-refractivity contribution in [2.45, 2.75) is 18.6 Å². The molecule has 1 aromatic rings. The first-order valence-corrected chi connectivity index (χ1v) is 4.63. The van der Waals surface area contributed by atoms with Crippen LogP contribution < -0.4 is 10.1 Å². The topological polar surface area (TPSA) is 21.3 Å². The number of ether oxygens (including phenoxy) is 1. The number of nitrogens with one attached hydrogen (secondary N) is 1. The van der Waals surface area contributed by atoms with Gasteiger partial charge in [0.25, 0.3) is 0 Å². The second kappa shape index (κ2) is 2.67. The molecule has 14 heavy (non-hydrogen) atoms. The van der Waals surface area contributed by atoms with Crippen molar-refractivity contribution >= 4 is 0 Å². The molecule has 1 saturated heterocycles. The molecule has 2 heterocycles. The fourth-order valence-corrected chi connectivity index (χ4v) is 2.16. The van der Waals surface area contributed by atoms with Gasteiger partial charge in [0.05, 0.1) is 0 Å². The van der Waals surface area contributed by atoms with Gasteiger partial charge < -0.3 is 10.1 Å². The summed E-state index contributed by atoms with van der Waals surface area (Å²) in [6, 6.07) is 2.26. The van der Waals surface area contributed by atoms with E-state index in [9.17, 15) is 8.78 Å². The molecule has 0 aromatic heterocycles. The van der Waals surface area contributed by atoms with Crippen LogP contribution in [-0.4, -0.2) is 12.6 Å². The molecule has 2 nitrogen and oxygen atoms in total. The summed E-state index contributed by atoms with van der Waals surface area (Å²) < 4.78 is 31.7. The maximum atomic E-state index is 13.3. The fourth-order valence-electron chi connectivity index (χ4n) is 2.16. The third kappa shape index (κ3) is 1.04. The van der Waals surface area contributed by atoms with Gasteiger partial charge in [-0.3, -0.25) is 0 Å². The SMILES string of the molecule is Fc1cc(F)c2c(c1)C1CC(CN1)O2. The van der Waals surface area contributed by atoms with Crippen LogP contribution in [0, 0.1) is 11.6 Å². The van der Waals surface area contributed by atoms with Crippen LogP contribution in [0.15, 0.2) is 12.1 Å². The van der Waals surface area contributed by atoms with Crippen molar-refractivity contribution in [3.05, 3.63) is 29.3 Å². The van der Waals surface area contributed by atoms with Crippen LogP contribution in [-0.2, 0) is 0 Å². The second-order valence-corrected chi connectivity index (χ2v) is 3.74. The van der Waals surface area contributed by atoms with Crippen LogP contribution >= 0.6 is 0 Å². The third-order valence-electron chi connectivity index (χ3n) is 2.79. The third-order valence-corrected chi connectivity index (χ3v) is 2.79. The van der Waals surface area contributed by atoms with Crippen LogP contribution in [0.4, 0.5) is 8.78 Å². The Morgan fingerprint density at radius 2 is 2.21 bits per heavy atom. The molecule has 0 amide bonds. The zero-order chi connectivity index (χ0) is 9.71. The fraction of sp³-hybridized carbons (Fsp3) is 0.400. The number of halogens is 2. The molecule has 74 valence electrons. The summed E-state index contributed by atoms with van der Waals surface area (Å²) in [4.78, 5) is 0. The van der Waals surface area contributed by atoms with Gasteiger partial charge in [0.1, 0.15) is 11.9 Å². The molecule has 2 unspecified atom stereocenters. The van der Waals surface area contributed by atoms with Crippen molar-refractivity contribution in [1.29, 1.82) is 0 Å². The predicted molar refractivity (Wildman–Crippen MR) is 46.1 cm³/mol. The first-order valence-electron chi connectivity index (χ1n) is 4.63. The molecule has 3 rings (SSSR count). The van der Waals surface area contributed by atoms with E-state index in [1.165, 1.54) is 6.07 Å². The largest absolute Gasteiger partial charge is 0.486 e. The lowest BCUT2D eigenvalue weighted by Crippen LogP contribution is -2.20. The first kappa shape index (κ1) is 8.17. The average Bonchev–Trinajstić information content (AvgIpc) is 2.52. The predicted octanol–water partition coefficient (Wildman–Crippen LogP) is 1.76. The summed E-state index contributed by atoms with van der Waals surface area (Å²) >= 11 is 0. The van der Waals surface area contributed by atoms with Crippen LogP contribution in [0.5, 0.6) is 5.75 Å². The number of rotatable bonds is 0. The minimum atomic E-state index is -0.599. The molecule has 0 spiro atoms. The molecule has 2 aliphatic rings. The normalized spacial score (nSPS) is 28.4. The van der Waals surface area contributed by atoms with E-state index in [1.807, 2.05) is 0 Å². The lowest BCUT2D eigenvalue weighted by Gasteiger charge is -2.23. The van der Waals surface area contributed by atoms with Gasteiger partial charge in [-0.25, -0.2) is 8.78 Å². The lowest BCUT2D eigenvalue weighted by molar-refractivity contribution is 0.194. The Morgan fingerprint density at radius 1 is 1.36 bits per heavy atom. The van der Waals surface area contributed by atoms with E-state index in [4.69, 9.17) is 4.74 Å². The highest BCUT2D eigenvalue weighted by Gasteiger charge is 2.35. The molecule has 2 aliphatic heterocycles. The summed E-state index contributed by atoms with van der Waals surface area (Å²) in [5.74, 6) is -0.923. The zero-order valence-corrected chi connectivity index (χ0v) is 7.39. The van der Waals surface area contributed by atoms with Crippen molar-refractivity contribution in [3.63, 3.8) is 0 Å². The summed E-state index contributed by atoms with van der Waals surface area (Å²) in [6.45, 7) is 0.709. The van der Waals surface area contributed by atoms with Crippen molar-refractivity contribution in [2.75, 3.05) is 6.54 Å². The van der Waals surface area contributed by atoms with E-state index in [0.29, 0.717) is 12.1 Å². The number of hydrogen-bond acceptors (Lipinski definition) is 2. The Bertz CT molecular complexity index is 394. The number of benzene rings is 1. The van der Waals surface area contributed by atoms with Gasteiger partial charge >= 0.3 is 0 Å². The van der Waals surface area contributed by atoms with Gasteiger partial charge in [-0.1, -0.05) is 0 Å². The Balaban J connectivity index is 2.18. The minimum absolute atomic E-state index is 0.0347. The molecule has 0 aliphatic carbocycles. The van der Waals surface area contributed by atoms with E-state index < -0.39 is 11.6 Å². The molecule has 1 aromatic carbocycles. The minimum Gasteiger partial charge on any atom is -0.486 e. The molecule has 1 N–H and O–H groups in total. The zero-order valence-electron chi connectivity index (χ0n) is 7.39. The van der Waals surface area contributed by atoms with Gasteiger partial charge in [-0.2, -0.15) is 0 Å². The molecule has 2 atom stereocenters. The van der Waals surface area contributed by atoms with E-state index in [-0.39, 0.29) is 17.9 Å². The molecule has 0 saturated carbocycles. The molecule has 0 radical (unpaired) electrons. The van der Waals surface area contributed by atoms with Crippen LogP contribution in [0.1, 0.15) is 18.0 Å². The average molecular weight is 197 g/mol. The lowest BCUT2D eigenvalue weighted by atomic mass is 10.0. The molecule has 2 bridgehead atoms. The van der Waals surface area contributed by atoms with E-state index >= 15 is 0 Å². The highest BCUT2D eigenvalue weighted by atomic mass is 19.1. The van der Waals surface area contributed by atoms with Gasteiger partial charge in [-0.15, -0.1) is 0 Å². The monoisotopic (exact) mass is 197 g/mol. The van der Waals surface area contributed by atoms with Gasteiger partial charge in [0.15, 0.2) is 11.6 Å². The number of hydrogen-bond donors (Lipinski definition) is 1. The molecular formula is C10H9F2NO. The molecular weight excluding hydrogens is 188 g/mol. The Kier molecular flexibility index (Phi) is 1.56. The van der Waals surface area contributed by atoms with E-state index in [1.54, 1.807) is 0 Å². The van der Waals surface area contributed by atoms with Crippen LogP contribution in [0.25, 0.3) is 0 Å². The summed E-state index contributed by atoms with van der Waals surface area (Å²) in [5, 5.41) is 3.17. The Hall–Kier alpha value is -1.16. The Morgan fingerprint density at radius 3 is 3.07 bits per heavy atom. The van der Waals surface area contributed by atoms with E-state index in [2.05, 4.69) is 5.32 Å². The van der Waals surface area contributed by atoms with Crippen LogP contribution in [0.2, 0.25) is 0 Å². The second-order valence-electron chi connectivity index (χ2n) is 3.74. The van der Waals surface area contributed by atoms with Crippen molar-refractivity contribution in [2.24, 2.45) is 0 Å². The van der Waals surface area contributed by atoms with Crippen molar-refractivity contribution < 1.29 is 13.5 Å². The van der Waals surface area contributed by atoms with Crippen molar-refractivity contribution in [1.82, 2.24) is 5.32 Å². The molecule has 4 heteroatoms. The summed E-state index contributed by atoms with van der Waals surface area (Å²) in [5.41, 5.74) is 0.608. The van der Waals surface area contributed by atoms with Gasteiger partial charge in [0.2, 0.25) is 0 Å². The maximum absolute atomic E-state index is 13.3. The van der Waals surface area contributed by atoms with Crippen LogP contribution in [0.3, 0.4) is 0 Å². The first-order chi connectivity index (χ1) is 6.74. The van der Waals surface area contributed by atoms with Gasteiger partial charge in [-0.05, 0) is 6.07 Å². The maximum Gasteiger partial charge on any atom is 0.168 e. The highest BCUT2D eigenvalue weighted by Crippen LogP contribution is 2.39. The van der Waals surface area contributed by atoms with Gasteiger partial charge in [0, 0.05) is 30.6 Å². The molecule has 1 fully saturated rings. The van der Waals surface area contributed by atoms with Crippen molar-refractivity contribution in [3.8, 4) is 5.75 Å². The summed E-state index contributed by atoms with van der Waals surface area (Å²) in [6.07, 6.45) is 0.836. The van der Waals surface area contributed by atoms with E-state index in [0.717, 1.165) is 12.5 Å². The Labute approximate surface area is 79.9 Å². The highest BCUT2D eigenvalue weighted by molar-refractivity contribution is 5.41. The number of fused-ring (bicyclic) bond motifs is 4. The standard InChI is InChI=1S/C10H9F2NO/c11-5-1-7-9-3-6(4-13-9)14-10(7)8(12)2-5/h1-2,6,9,13H,3-4H2.